The molecule has 0 aliphatic carbocycles. The molecule has 0 radical (unpaired) electrons. The van der Waals surface area contributed by atoms with E-state index in [9.17, 15) is 4.39 Å². The monoisotopic (exact) mass is 322 g/mol. The first-order chi connectivity index (χ1) is 9.02. The first-order valence-electron chi connectivity index (χ1n) is 6.07. The van der Waals surface area contributed by atoms with Gasteiger partial charge in [0.2, 0.25) is 0 Å². The van der Waals surface area contributed by atoms with Crippen molar-refractivity contribution in [3.05, 3.63) is 63.1 Å². The molecule has 0 aliphatic rings. The molecule has 0 aliphatic heterocycles. The van der Waals surface area contributed by atoms with Crippen LogP contribution in [0.1, 0.15) is 28.3 Å². The van der Waals surface area contributed by atoms with Gasteiger partial charge in [0, 0.05) is 10.7 Å². The summed E-state index contributed by atoms with van der Waals surface area (Å²) in [6.07, 6.45) is 2.91. The van der Waals surface area contributed by atoms with Crippen LogP contribution >= 0.6 is 15.9 Å². The summed E-state index contributed by atoms with van der Waals surface area (Å²) in [6.45, 7) is 4.11. The van der Waals surface area contributed by atoms with E-state index in [1.807, 2.05) is 7.05 Å². The zero-order valence-electron chi connectivity index (χ0n) is 11.2. The maximum atomic E-state index is 13.3. The van der Waals surface area contributed by atoms with Crippen LogP contribution in [0.4, 0.5) is 4.39 Å². The molecule has 100 valence electrons. The van der Waals surface area contributed by atoms with Crippen LogP contribution in [-0.2, 0) is 0 Å². The third-order valence-corrected chi connectivity index (χ3v) is 4.39. The lowest BCUT2D eigenvalue weighted by Gasteiger charge is -2.19. The highest BCUT2D eigenvalue weighted by molar-refractivity contribution is 9.10. The molecule has 4 heteroatoms. The molecular formula is C15H16BrFN2. The van der Waals surface area contributed by atoms with Crippen LogP contribution in [0.15, 0.2) is 35.1 Å². The Morgan fingerprint density at radius 2 is 1.74 bits per heavy atom. The largest absolute Gasteiger partial charge is 0.309 e. The van der Waals surface area contributed by atoms with Crippen LogP contribution in [-0.4, -0.2) is 12.0 Å². The lowest BCUT2D eigenvalue weighted by molar-refractivity contribution is 0.608. The van der Waals surface area contributed by atoms with Gasteiger partial charge in [-0.15, -0.1) is 0 Å². The smallest absolute Gasteiger partial charge is 0.141 e. The zero-order valence-corrected chi connectivity index (χ0v) is 12.8. The molecule has 1 atom stereocenters. The molecule has 0 saturated carbocycles. The number of benzene rings is 1. The van der Waals surface area contributed by atoms with Crippen LogP contribution in [0, 0.1) is 19.7 Å². The van der Waals surface area contributed by atoms with E-state index in [1.165, 1.54) is 23.4 Å². The summed E-state index contributed by atoms with van der Waals surface area (Å²) < 4.78 is 14.4. The first kappa shape index (κ1) is 14.2. The average molecular weight is 323 g/mol. The molecule has 0 saturated heterocycles. The van der Waals surface area contributed by atoms with E-state index in [0.717, 1.165) is 15.6 Å². The standard InChI is InChI=1S/C15H16BrFN2/c1-9-4-11(5-10(2)14(9)16)15(18-3)12-6-13(17)8-19-7-12/h4-8,15,18H,1-3H3. The topological polar surface area (TPSA) is 24.9 Å². The van der Waals surface area contributed by atoms with Gasteiger partial charge >= 0.3 is 0 Å². The molecule has 2 nitrogen and oxygen atoms in total. The number of nitrogens with zero attached hydrogens (tertiary/aromatic N) is 1. The van der Waals surface area contributed by atoms with Crippen molar-refractivity contribution < 1.29 is 4.39 Å². The first-order valence-corrected chi connectivity index (χ1v) is 6.86. The van der Waals surface area contributed by atoms with Crippen molar-refractivity contribution in [1.29, 1.82) is 0 Å². The number of hydrogen-bond donors (Lipinski definition) is 1. The molecule has 0 spiro atoms. The van der Waals surface area contributed by atoms with E-state index in [1.54, 1.807) is 6.20 Å². The number of pyridine rings is 1. The summed E-state index contributed by atoms with van der Waals surface area (Å²) in [5.74, 6) is -0.316. The van der Waals surface area contributed by atoms with Crippen molar-refractivity contribution in [3.8, 4) is 0 Å². The molecule has 2 aromatic rings. The van der Waals surface area contributed by atoms with Gasteiger partial charge in [0.15, 0.2) is 0 Å². The van der Waals surface area contributed by atoms with E-state index in [2.05, 4.69) is 52.2 Å². The summed E-state index contributed by atoms with van der Waals surface area (Å²) in [4.78, 5) is 3.92. The summed E-state index contributed by atoms with van der Waals surface area (Å²) >= 11 is 3.56. The fraction of sp³-hybridized carbons (Fsp3) is 0.267. The SMILES string of the molecule is CNC(c1cncc(F)c1)c1cc(C)c(Br)c(C)c1. The number of hydrogen-bond acceptors (Lipinski definition) is 2. The summed E-state index contributed by atoms with van der Waals surface area (Å²) in [7, 11) is 1.86. The molecular weight excluding hydrogens is 307 g/mol. The average Bonchev–Trinajstić information content (AvgIpc) is 2.37. The van der Waals surface area contributed by atoms with Gasteiger partial charge < -0.3 is 5.32 Å². The minimum atomic E-state index is -0.316. The Balaban J connectivity index is 2.48. The Kier molecular flexibility index (Phi) is 4.32. The van der Waals surface area contributed by atoms with Crippen LogP contribution in [0.5, 0.6) is 0 Å². The molecule has 0 bridgehead atoms. The Morgan fingerprint density at radius 1 is 1.11 bits per heavy atom. The second-order valence-electron chi connectivity index (χ2n) is 4.63. The van der Waals surface area contributed by atoms with Gasteiger partial charge in [-0.2, -0.15) is 0 Å². The third kappa shape index (κ3) is 3.01. The Bertz CT molecular complexity index is 575. The van der Waals surface area contributed by atoms with Crippen LogP contribution < -0.4 is 5.32 Å². The third-order valence-electron chi connectivity index (χ3n) is 3.14. The predicted molar refractivity (Wildman–Crippen MR) is 78.7 cm³/mol. The number of rotatable bonds is 3. The fourth-order valence-corrected chi connectivity index (χ4v) is 2.49. The Morgan fingerprint density at radius 3 is 2.26 bits per heavy atom. The quantitative estimate of drug-likeness (QED) is 0.926. The van der Waals surface area contributed by atoms with Crippen LogP contribution in [0.25, 0.3) is 0 Å². The number of nitrogens with one attached hydrogen (secondary N) is 1. The van der Waals surface area contributed by atoms with Gasteiger partial charge in [0.25, 0.3) is 0 Å². The van der Waals surface area contributed by atoms with Crippen molar-refractivity contribution in [1.82, 2.24) is 10.3 Å². The van der Waals surface area contributed by atoms with E-state index >= 15 is 0 Å². The number of aryl methyl sites for hydroxylation is 2. The maximum Gasteiger partial charge on any atom is 0.141 e. The molecule has 1 N–H and O–H groups in total. The number of aromatic nitrogens is 1. The van der Waals surface area contributed by atoms with Gasteiger partial charge in [0.1, 0.15) is 5.82 Å². The highest BCUT2D eigenvalue weighted by Gasteiger charge is 2.15. The molecule has 0 amide bonds. The normalized spacial score (nSPS) is 12.5. The van der Waals surface area contributed by atoms with Crippen molar-refractivity contribution in [2.45, 2.75) is 19.9 Å². The lowest BCUT2D eigenvalue weighted by atomic mass is 9.97. The van der Waals surface area contributed by atoms with Gasteiger partial charge in [-0.05, 0) is 49.2 Å². The predicted octanol–water partition coefficient (Wildman–Crippen LogP) is 3.91. The Hall–Kier alpha value is -1.26. The van der Waals surface area contributed by atoms with E-state index in [0.29, 0.717) is 0 Å². The van der Waals surface area contributed by atoms with E-state index in [-0.39, 0.29) is 11.9 Å². The second kappa shape index (κ2) is 5.80. The number of halogens is 2. The van der Waals surface area contributed by atoms with Gasteiger partial charge in [0.05, 0.1) is 12.2 Å². The van der Waals surface area contributed by atoms with E-state index < -0.39 is 0 Å². The maximum absolute atomic E-state index is 13.3. The van der Waals surface area contributed by atoms with E-state index in [4.69, 9.17) is 0 Å². The van der Waals surface area contributed by atoms with Crippen molar-refractivity contribution in [2.75, 3.05) is 7.05 Å². The van der Waals surface area contributed by atoms with Crippen molar-refractivity contribution in [3.63, 3.8) is 0 Å². The van der Waals surface area contributed by atoms with Gasteiger partial charge in [-0.1, -0.05) is 28.1 Å². The fourth-order valence-electron chi connectivity index (χ4n) is 2.26. The zero-order chi connectivity index (χ0) is 14.0. The van der Waals surface area contributed by atoms with Gasteiger partial charge in [-0.3, -0.25) is 4.98 Å². The molecule has 0 fully saturated rings. The van der Waals surface area contributed by atoms with Crippen LogP contribution in [0.3, 0.4) is 0 Å². The summed E-state index contributed by atoms with van der Waals surface area (Å²) in [5, 5.41) is 3.21. The summed E-state index contributed by atoms with van der Waals surface area (Å²) in [5.41, 5.74) is 4.26. The summed E-state index contributed by atoms with van der Waals surface area (Å²) in [6, 6.07) is 5.65. The highest BCUT2D eigenvalue weighted by atomic mass is 79.9. The van der Waals surface area contributed by atoms with Crippen molar-refractivity contribution >= 4 is 15.9 Å². The minimum absolute atomic E-state index is 0.0614. The second-order valence-corrected chi connectivity index (χ2v) is 5.42. The molecule has 19 heavy (non-hydrogen) atoms. The van der Waals surface area contributed by atoms with Crippen LogP contribution in [0.2, 0.25) is 0 Å². The molecule has 1 heterocycles. The highest BCUT2D eigenvalue weighted by Crippen LogP contribution is 2.28. The minimum Gasteiger partial charge on any atom is -0.309 e. The molecule has 1 aromatic heterocycles. The molecule has 1 aromatic carbocycles. The lowest BCUT2D eigenvalue weighted by Crippen LogP contribution is -2.18. The molecule has 1 unspecified atom stereocenters. The van der Waals surface area contributed by atoms with Crippen molar-refractivity contribution in [2.24, 2.45) is 0 Å². The molecule has 2 rings (SSSR count). The van der Waals surface area contributed by atoms with Gasteiger partial charge in [-0.25, -0.2) is 4.39 Å². The Labute approximate surface area is 121 Å².